The molecule has 0 saturated carbocycles. The van der Waals surface area contributed by atoms with Crippen molar-refractivity contribution in [2.24, 2.45) is 4.99 Å². The number of hydrogen-bond donors (Lipinski definition) is 2. The number of likely N-dealkylation sites (tertiary alicyclic amines) is 1. The second kappa shape index (κ2) is 9.51. The van der Waals surface area contributed by atoms with E-state index in [0.29, 0.717) is 6.04 Å². The number of guanidine groups is 1. The average Bonchev–Trinajstić information content (AvgIpc) is 3.06. The van der Waals surface area contributed by atoms with Crippen LogP contribution in [0.1, 0.15) is 33.1 Å². The minimum Gasteiger partial charge on any atom is -0.357 e. The van der Waals surface area contributed by atoms with Gasteiger partial charge in [-0.15, -0.1) is 0 Å². The SMILES string of the molecule is CCNC(=NCC1CCCCN1CC)NCCn1cccc1. The molecule has 124 valence electrons. The van der Waals surface area contributed by atoms with Gasteiger partial charge in [0.1, 0.15) is 0 Å². The maximum atomic E-state index is 4.80. The van der Waals surface area contributed by atoms with Crippen molar-refractivity contribution >= 4 is 5.96 Å². The van der Waals surface area contributed by atoms with Crippen LogP contribution in [-0.4, -0.2) is 54.2 Å². The zero-order chi connectivity index (χ0) is 15.6. The quantitative estimate of drug-likeness (QED) is 0.597. The van der Waals surface area contributed by atoms with Crippen LogP contribution in [0.3, 0.4) is 0 Å². The summed E-state index contributed by atoms with van der Waals surface area (Å²) >= 11 is 0. The van der Waals surface area contributed by atoms with Crippen LogP contribution >= 0.6 is 0 Å². The van der Waals surface area contributed by atoms with Crippen molar-refractivity contribution in [2.45, 2.75) is 45.7 Å². The molecule has 22 heavy (non-hydrogen) atoms. The molecule has 2 N–H and O–H groups in total. The fraction of sp³-hybridized carbons (Fsp3) is 0.706. The lowest BCUT2D eigenvalue weighted by molar-refractivity contribution is 0.161. The lowest BCUT2D eigenvalue weighted by Crippen LogP contribution is -2.43. The molecule has 1 fully saturated rings. The normalized spacial score (nSPS) is 20.1. The van der Waals surface area contributed by atoms with Crippen molar-refractivity contribution in [3.63, 3.8) is 0 Å². The maximum absolute atomic E-state index is 4.80. The fourth-order valence-electron chi connectivity index (χ4n) is 3.04. The van der Waals surface area contributed by atoms with E-state index in [2.05, 4.69) is 58.5 Å². The Hall–Kier alpha value is -1.49. The van der Waals surface area contributed by atoms with Gasteiger partial charge in [-0.25, -0.2) is 0 Å². The van der Waals surface area contributed by atoms with E-state index in [1.807, 2.05) is 0 Å². The van der Waals surface area contributed by atoms with Crippen LogP contribution in [0.25, 0.3) is 0 Å². The highest BCUT2D eigenvalue weighted by Gasteiger charge is 2.20. The second-order valence-corrected chi connectivity index (χ2v) is 5.85. The molecule has 0 amide bonds. The van der Waals surface area contributed by atoms with Crippen LogP contribution in [0.4, 0.5) is 0 Å². The summed E-state index contributed by atoms with van der Waals surface area (Å²) in [6.07, 6.45) is 8.14. The van der Waals surface area contributed by atoms with E-state index in [0.717, 1.165) is 38.7 Å². The van der Waals surface area contributed by atoms with Gasteiger partial charge in [0.2, 0.25) is 0 Å². The van der Waals surface area contributed by atoms with Crippen LogP contribution in [-0.2, 0) is 6.54 Å². The minimum absolute atomic E-state index is 0.610. The molecule has 1 unspecified atom stereocenters. The molecule has 1 saturated heterocycles. The molecule has 1 aromatic rings. The highest BCUT2D eigenvalue weighted by molar-refractivity contribution is 5.79. The average molecular weight is 305 g/mol. The number of nitrogens with one attached hydrogen (secondary N) is 2. The van der Waals surface area contributed by atoms with Gasteiger partial charge in [0.15, 0.2) is 5.96 Å². The van der Waals surface area contributed by atoms with Gasteiger partial charge < -0.3 is 15.2 Å². The summed E-state index contributed by atoms with van der Waals surface area (Å²) in [7, 11) is 0. The zero-order valence-corrected chi connectivity index (χ0v) is 14.1. The van der Waals surface area contributed by atoms with E-state index in [4.69, 9.17) is 4.99 Å². The molecular formula is C17H31N5. The lowest BCUT2D eigenvalue weighted by Gasteiger charge is -2.33. The van der Waals surface area contributed by atoms with Crippen molar-refractivity contribution < 1.29 is 0 Å². The van der Waals surface area contributed by atoms with E-state index in [-0.39, 0.29) is 0 Å². The van der Waals surface area contributed by atoms with Crippen LogP contribution < -0.4 is 10.6 Å². The molecular weight excluding hydrogens is 274 g/mol. The Morgan fingerprint density at radius 1 is 1.18 bits per heavy atom. The summed E-state index contributed by atoms with van der Waals surface area (Å²) < 4.78 is 2.18. The number of hydrogen-bond acceptors (Lipinski definition) is 2. The number of rotatable bonds is 7. The summed E-state index contributed by atoms with van der Waals surface area (Å²) in [5, 5.41) is 6.78. The second-order valence-electron chi connectivity index (χ2n) is 5.85. The fourth-order valence-corrected chi connectivity index (χ4v) is 3.04. The van der Waals surface area contributed by atoms with Crippen molar-refractivity contribution in [3.05, 3.63) is 24.5 Å². The third kappa shape index (κ3) is 5.37. The molecule has 5 heteroatoms. The molecule has 0 radical (unpaired) electrons. The minimum atomic E-state index is 0.610. The maximum Gasteiger partial charge on any atom is 0.191 e. The number of piperidine rings is 1. The van der Waals surface area contributed by atoms with Gasteiger partial charge in [0.05, 0.1) is 6.54 Å². The summed E-state index contributed by atoms with van der Waals surface area (Å²) in [6, 6.07) is 4.72. The lowest BCUT2D eigenvalue weighted by atomic mass is 10.0. The summed E-state index contributed by atoms with van der Waals surface area (Å²) in [4.78, 5) is 7.36. The van der Waals surface area contributed by atoms with E-state index in [1.54, 1.807) is 0 Å². The first kappa shape index (κ1) is 16.9. The van der Waals surface area contributed by atoms with Crippen molar-refractivity contribution in [2.75, 3.05) is 32.7 Å². The van der Waals surface area contributed by atoms with Gasteiger partial charge in [-0.1, -0.05) is 13.3 Å². The summed E-state index contributed by atoms with van der Waals surface area (Å²) in [5.41, 5.74) is 0. The first-order chi connectivity index (χ1) is 10.8. The predicted molar refractivity (Wildman–Crippen MR) is 93.3 cm³/mol. The van der Waals surface area contributed by atoms with Gasteiger partial charge in [-0.2, -0.15) is 0 Å². The highest BCUT2D eigenvalue weighted by Crippen LogP contribution is 2.16. The molecule has 5 nitrogen and oxygen atoms in total. The molecule has 1 aromatic heterocycles. The van der Waals surface area contributed by atoms with Gasteiger partial charge in [0.25, 0.3) is 0 Å². The third-order valence-corrected chi connectivity index (χ3v) is 4.29. The van der Waals surface area contributed by atoms with Gasteiger partial charge in [-0.05, 0) is 45.0 Å². The predicted octanol–water partition coefficient (Wildman–Crippen LogP) is 1.92. The van der Waals surface area contributed by atoms with Crippen molar-refractivity contribution in [1.82, 2.24) is 20.1 Å². The molecule has 0 bridgehead atoms. The summed E-state index contributed by atoms with van der Waals surface area (Å²) in [6.45, 7) is 10.4. The van der Waals surface area contributed by atoms with Crippen LogP contribution in [0.15, 0.2) is 29.5 Å². The largest absolute Gasteiger partial charge is 0.357 e. The number of aromatic nitrogens is 1. The molecule has 1 aliphatic rings. The van der Waals surface area contributed by atoms with E-state index < -0.39 is 0 Å². The number of nitrogens with zero attached hydrogens (tertiary/aromatic N) is 3. The third-order valence-electron chi connectivity index (χ3n) is 4.29. The molecule has 0 aliphatic carbocycles. The number of aliphatic imine (C=N–C) groups is 1. The van der Waals surface area contributed by atoms with E-state index >= 15 is 0 Å². The zero-order valence-electron chi connectivity index (χ0n) is 14.1. The Balaban J connectivity index is 1.80. The Kier molecular flexibility index (Phi) is 7.30. The first-order valence-corrected chi connectivity index (χ1v) is 8.70. The van der Waals surface area contributed by atoms with Gasteiger partial charge in [0, 0.05) is 38.1 Å². The monoisotopic (exact) mass is 305 g/mol. The Morgan fingerprint density at radius 2 is 2.00 bits per heavy atom. The molecule has 2 heterocycles. The molecule has 0 spiro atoms. The van der Waals surface area contributed by atoms with E-state index in [9.17, 15) is 0 Å². The Morgan fingerprint density at radius 3 is 2.73 bits per heavy atom. The molecule has 1 aliphatic heterocycles. The van der Waals surface area contributed by atoms with Crippen molar-refractivity contribution in [1.29, 1.82) is 0 Å². The Bertz CT molecular complexity index is 426. The molecule has 1 atom stereocenters. The molecule has 2 rings (SSSR count). The topological polar surface area (TPSA) is 44.6 Å². The van der Waals surface area contributed by atoms with Gasteiger partial charge in [-0.3, -0.25) is 9.89 Å². The summed E-state index contributed by atoms with van der Waals surface area (Å²) in [5.74, 6) is 0.941. The van der Waals surface area contributed by atoms with E-state index in [1.165, 1.54) is 25.8 Å². The highest BCUT2D eigenvalue weighted by atomic mass is 15.2. The van der Waals surface area contributed by atoms with Crippen molar-refractivity contribution in [3.8, 4) is 0 Å². The van der Waals surface area contributed by atoms with Crippen LogP contribution in [0.5, 0.6) is 0 Å². The standard InChI is InChI=1S/C17H31N5/c1-3-18-17(19-10-14-21-11-7-8-12-21)20-15-16-9-5-6-13-22(16)4-2/h7-8,11-12,16H,3-6,9-10,13-15H2,1-2H3,(H2,18,19,20). The van der Waals surface area contributed by atoms with Crippen LogP contribution in [0, 0.1) is 0 Å². The first-order valence-electron chi connectivity index (χ1n) is 8.70. The van der Waals surface area contributed by atoms with Crippen LogP contribution in [0.2, 0.25) is 0 Å². The number of likely N-dealkylation sites (N-methyl/N-ethyl adjacent to an activating group) is 1. The molecule has 0 aromatic carbocycles. The van der Waals surface area contributed by atoms with Gasteiger partial charge >= 0.3 is 0 Å². The smallest absolute Gasteiger partial charge is 0.191 e. The Labute approximate surface area is 134 Å².